The third kappa shape index (κ3) is 2.85. The summed E-state index contributed by atoms with van der Waals surface area (Å²) in [6, 6.07) is 16.3. The van der Waals surface area contributed by atoms with Crippen LogP contribution in [0.5, 0.6) is 0 Å². The standard InChI is InChI=1S/C20H18N4O/c1-2-16-20(25)23-18-12-15(8-9-17(18)22-16)19(24-11-10-21-13-24)14-6-4-3-5-7-14/h3-13,19H,2H2,1H3,(H,23,25). The second kappa shape index (κ2) is 6.36. The van der Waals surface area contributed by atoms with Crippen molar-refractivity contribution in [1.82, 2.24) is 19.5 Å². The van der Waals surface area contributed by atoms with E-state index < -0.39 is 0 Å². The quantitative estimate of drug-likeness (QED) is 0.624. The predicted octanol–water partition coefficient (Wildman–Crippen LogP) is 3.32. The maximum absolute atomic E-state index is 12.1. The fourth-order valence-corrected chi connectivity index (χ4v) is 3.15. The summed E-state index contributed by atoms with van der Waals surface area (Å²) < 4.78 is 2.06. The molecule has 2 aromatic heterocycles. The van der Waals surface area contributed by atoms with Crippen LogP contribution in [0.3, 0.4) is 0 Å². The summed E-state index contributed by atoms with van der Waals surface area (Å²) in [5, 5.41) is 0. The first-order valence-electron chi connectivity index (χ1n) is 8.31. The molecule has 4 aromatic rings. The molecule has 0 aliphatic rings. The first kappa shape index (κ1) is 15.3. The van der Waals surface area contributed by atoms with Gasteiger partial charge in [-0.3, -0.25) is 4.79 Å². The summed E-state index contributed by atoms with van der Waals surface area (Å²) in [6.07, 6.45) is 6.15. The lowest BCUT2D eigenvalue weighted by molar-refractivity contribution is 0.677. The molecule has 25 heavy (non-hydrogen) atoms. The Morgan fingerprint density at radius 1 is 1.12 bits per heavy atom. The summed E-state index contributed by atoms with van der Waals surface area (Å²) >= 11 is 0. The van der Waals surface area contributed by atoms with E-state index in [4.69, 9.17) is 0 Å². The molecule has 0 radical (unpaired) electrons. The molecule has 0 saturated carbocycles. The van der Waals surface area contributed by atoms with E-state index in [-0.39, 0.29) is 11.6 Å². The number of aromatic amines is 1. The Bertz CT molecular complexity index is 1050. The molecule has 1 N–H and O–H groups in total. The Morgan fingerprint density at radius 3 is 2.68 bits per heavy atom. The van der Waals surface area contributed by atoms with Crippen molar-refractivity contribution in [3.05, 3.63) is 94.4 Å². The number of aromatic nitrogens is 4. The molecule has 2 heterocycles. The number of nitrogens with zero attached hydrogens (tertiary/aromatic N) is 3. The zero-order valence-corrected chi connectivity index (χ0v) is 13.9. The van der Waals surface area contributed by atoms with Crippen molar-refractivity contribution in [3.8, 4) is 0 Å². The summed E-state index contributed by atoms with van der Waals surface area (Å²) in [6.45, 7) is 1.93. The smallest absolute Gasteiger partial charge is 0.270 e. The van der Waals surface area contributed by atoms with Crippen LogP contribution in [-0.4, -0.2) is 19.5 Å². The van der Waals surface area contributed by atoms with E-state index in [1.54, 1.807) is 6.20 Å². The van der Waals surface area contributed by atoms with Gasteiger partial charge in [0.1, 0.15) is 5.69 Å². The number of aryl methyl sites for hydroxylation is 1. The minimum absolute atomic E-state index is 0.0116. The van der Waals surface area contributed by atoms with E-state index >= 15 is 0 Å². The number of nitrogens with one attached hydrogen (secondary N) is 1. The minimum Gasteiger partial charge on any atom is -0.326 e. The van der Waals surface area contributed by atoms with Gasteiger partial charge in [0.25, 0.3) is 5.56 Å². The Balaban J connectivity index is 1.89. The third-order valence-electron chi connectivity index (χ3n) is 4.38. The largest absolute Gasteiger partial charge is 0.326 e. The summed E-state index contributed by atoms with van der Waals surface area (Å²) in [5.41, 5.74) is 4.22. The van der Waals surface area contributed by atoms with Crippen LogP contribution in [0, 0.1) is 0 Å². The third-order valence-corrected chi connectivity index (χ3v) is 4.38. The molecule has 1 unspecified atom stereocenters. The predicted molar refractivity (Wildman–Crippen MR) is 97.7 cm³/mol. The van der Waals surface area contributed by atoms with Gasteiger partial charge in [0.15, 0.2) is 0 Å². The fourth-order valence-electron chi connectivity index (χ4n) is 3.15. The second-order valence-electron chi connectivity index (χ2n) is 5.97. The number of hydrogen-bond donors (Lipinski definition) is 1. The highest BCUT2D eigenvalue weighted by atomic mass is 16.1. The van der Waals surface area contributed by atoms with E-state index in [9.17, 15) is 4.79 Å². The van der Waals surface area contributed by atoms with Crippen LogP contribution in [0.4, 0.5) is 0 Å². The van der Waals surface area contributed by atoms with Crippen LogP contribution < -0.4 is 5.56 Å². The Labute approximate surface area is 145 Å². The molecule has 0 saturated heterocycles. The number of imidazole rings is 1. The molecular formula is C20H18N4O. The number of hydrogen-bond acceptors (Lipinski definition) is 3. The summed E-state index contributed by atoms with van der Waals surface area (Å²) in [5.74, 6) is 0. The van der Waals surface area contributed by atoms with Crippen molar-refractivity contribution >= 4 is 11.0 Å². The van der Waals surface area contributed by atoms with Gasteiger partial charge in [0.2, 0.25) is 0 Å². The van der Waals surface area contributed by atoms with Gasteiger partial charge in [0.05, 0.1) is 23.4 Å². The lowest BCUT2D eigenvalue weighted by Crippen LogP contribution is -2.15. The van der Waals surface area contributed by atoms with E-state index in [0.29, 0.717) is 12.1 Å². The first-order valence-corrected chi connectivity index (χ1v) is 8.31. The zero-order valence-electron chi connectivity index (χ0n) is 13.9. The highest BCUT2D eigenvalue weighted by Gasteiger charge is 2.16. The molecule has 4 rings (SSSR count). The molecule has 0 fully saturated rings. The molecule has 0 amide bonds. The van der Waals surface area contributed by atoms with Crippen molar-refractivity contribution in [1.29, 1.82) is 0 Å². The van der Waals surface area contributed by atoms with Crippen LogP contribution in [0.2, 0.25) is 0 Å². The van der Waals surface area contributed by atoms with E-state index in [1.807, 2.05) is 49.8 Å². The van der Waals surface area contributed by atoms with Crippen molar-refractivity contribution in [2.75, 3.05) is 0 Å². The van der Waals surface area contributed by atoms with Gasteiger partial charge < -0.3 is 9.55 Å². The maximum atomic E-state index is 12.1. The van der Waals surface area contributed by atoms with Gasteiger partial charge in [-0.25, -0.2) is 9.97 Å². The lowest BCUT2D eigenvalue weighted by Gasteiger charge is -2.20. The van der Waals surface area contributed by atoms with Crippen LogP contribution in [0.25, 0.3) is 11.0 Å². The first-order chi connectivity index (χ1) is 12.3. The topological polar surface area (TPSA) is 63.6 Å². The molecular weight excluding hydrogens is 312 g/mol. The zero-order chi connectivity index (χ0) is 17.2. The molecule has 1 atom stereocenters. The highest BCUT2D eigenvalue weighted by molar-refractivity contribution is 5.75. The maximum Gasteiger partial charge on any atom is 0.270 e. The van der Waals surface area contributed by atoms with Gasteiger partial charge in [-0.2, -0.15) is 0 Å². The molecule has 0 aliphatic heterocycles. The Hall–Kier alpha value is -3.21. The average molecular weight is 330 g/mol. The van der Waals surface area contributed by atoms with Gasteiger partial charge in [0, 0.05) is 12.4 Å². The van der Waals surface area contributed by atoms with Crippen molar-refractivity contribution < 1.29 is 0 Å². The number of H-pyrrole nitrogens is 1. The van der Waals surface area contributed by atoms with Crippen molar-refractivity contribution in [2.45, 2.75) is 19.4 Å². The number of rotatable bonds is 4. The SMILES string of the molecule is CCc1nc2ccc(C(c3ccccc3)n3ccnc3)cc2[nH]c1=O. The number of benzene rings is 2. The average Bonchev–Trinajstić information content (AvgIpc) is 3.16. The monoisotopic (exact) mass is 330 g/mol. The minimum atomic E-state index is -0.119. The van der Waals surface area contributed by atoms with Crippen LogP contribution in [0.1, 0.15) is 29.8 Å². The van der Waals surface area contributed by atoms with E-state index in [2.05, 4.69) is 37.7 Å². The molecule has 0 bridgehead atoms. The second-order valence-corrected chi connectivity index (χ2v) is 5.97. The van der Waals surface area contributed by atoms with E-state index in [1.165, 1.54) is 0 Å². The van der Waals surface area contributed by atoms with Crippen LogP contribution in [0.15, 0.2) is 72.0 Å². The Morgan fingerprint density at radius 2 is 1.96 bits per heavy atom. The highest BCUT2D eigenvalue weighted by Crippen LogP contribution is 2.28. The molecule has 5 nitrogen and oxygen atoms in total. The van der Waals surface area contributed by atoms with Gasteiger partial charge in [-0.1, -0.05) is 43.3 Å². The van der Waals surface area contributed by atoms with Gasteiger partial charge >= 0.3 is 0 Å². The van der Waals surface area contributed by atoms with Crippen molar-refractivity contribution in [2.24, 2.45) is 0 Å². The van der Waals surface area contributed by atoms with Gasteiger partial charge in [-0.05, 0) is 29.7 Å². The fraction of sp³-hybridized carbons (Fsp3) is 0.150. The van der Waals surface area contributed by atoms with Crippen LogP contribution >= 0.6 is 0 Å². The normalized spacial score (nSPS) is 12.4. The van der Waals surface area contributed by atoms with Gasteiger partial charge in [-0.15, -0.1) is 0 Å². The summed E-state index contributed by atoms with van der Waals surface area (Å²) in [4.78, 5) is 23.7. The van der Waals surface area contributed by atoms with Crippen molar-refractivity contribution in [3.63, 3.8) is 0 Å². The Kier molecular flexibility index (Phi) is 3.90. The van der Waals surface area contributed by atoms with Crippen LogP contribution in [-0.2, 0) is 6.42 Å². The molecule has 0 spiro atoms. The molecule has 0 aliphatic carbocycles. The van der Waals surface area contributed by atoms with E-state index in [0.717, 1.165) is 22.2 Å². The molecule has 124 valence electrons. The summed E-state index contributed by atoms with van der Waals surface area (Å²) in [7, 11) is 0. The molecule has 2 aromatic carbocycles. The molecule has 5 heteroatoms. The number of fused-ring (bicyclic) bond motifs is 1. The lowest BCUT2D eigenvalue weighted by atomic mass is 9.98.